The zero-order chi connectivity index (χ0) is 11.3. The predicted molar refractivity (Wildman–Crippen MR) is 61.8 cm³/mol. The number of hydrogen-bond acceptors (Lipinski definition) is 3. The molecule has 3 nitrogen and oxygen atoms in total. The summed E-state index contributed by atoms with van der Waals surface area (Å²) in [5.74, 6) is -0.344. The molecule has 0 aliphatic rings. The van der Waals surface area contributed by atoms with Crippen LogP contribution in [0.1, 0.15) is 12.5 Å². The lowest BCUT2D eigenvalue weighted by Crippen LogP contribution is -2.31. The minimum Gasteiger partial charge on any atom is -0.384 e. The Hall–Kier alpha value is -1.00. The van der Waals surface area contributed by atoms with Gasteiger partial charge in [0.05, 0.1) is 0 Å². The maximum Gasteiger partial charge on any atom is 0.248 e. The van der Waals surface area contributed by atoms with E-state index in [0.29, 0.717) is 6.54 Å². The van der Waals surface area contributed by atoms with Crippen LogP contribution in [0.5, 0.6) is 0 Å². The van der Waals surface area contributed by atoms with Gasteiger partial charge in [0.2, 0.25) is 5.91 Å². The molecule has 15 heavy (non-hydrogen) atoms. The molecular weight excluding hydrogens is 210 g/mol. The van der Waals surface area contributed by atoms with Crippen molar-refractivity contribution in [2.45, 2.75) is 24.5 Å². The maximum absolute atomic E-state index is 11.1. The number of carbonyl (C=O) groups is 1. The Labute approximate surface area is 93.9 Å². The van der Waals surface area contributed by atoms with E-state index < -0.39 is 6.10 Å². The molecule has 1 atom stereocenters. The van der Waals surface area contributed by atoms with E-state index >= 15 is 0 Å². The van der Waals surface area contributed by atoms with Crippen LogP contribution in [0.25, 0.3) is 0 Å². The Morgan fingerprint density at radius 1 is 1.47 bits per heavy atom. The van der Waals surface area contributed by atoms with Crippen LogP contribution in [0.3, 0.4) is 0 Å². The second-order valence-corrected chi connectivity index (χ2v) is 4.12. The molecule has 1 aromatic carbocycles. The Morgan fingerprint density at radius 3 is 2.53 bits per heavy atom. The molecule has 0 spiro atoms. The topological polar surface area (TPSA) is 49.3 Å². The summed E-state index contributed by atoms with van der Waals surface area (Å²) < 4.78 is 0. The van der Waals surface area contributed by atoms with Crippen LogP contribution in [0.4, 0.5) is 0 Å². The van der Waals surface area contributed by atoms with Crippen LogP contribution in [0, 0.1) is 0 Å². The third-order valence-electron chi connectivity index (χ3n) is 2.01. The highest BCUT2D eigenvalue weighted by Gasteiger charge is 2.07. The van der Waals surface area contributed by atoms with Crippen LogP contribution >= 0.6 is 11.8 Å². The molecule has 4 heteroatoms. The van der Waals surface area contributed by atoms with Gasteiger partial charge in [0.1, 0.15) is 6.10 Å². The van der Waals surface area contributed by atoms with E-state index in [1.165, 1.54) is 11.8 Å². The Bertz CT molecular complexity index is 322. The highest BCUT2D eigenvalue weighted by atomic mass is 32.2. The second-order valence-electron chi connectivity index (χ2n) is 3.24. The lowest BCUT2D eigenvalue weighted by Gasteiger charge is -2.07. The SMILES string of the molecule is CSc1ccc(CNC(=O)[C@@H](C)O)cc1. The molecule has 0 aliphatic heterocycles. The van der Waals surface area contributed by atoms with Crippen molar-refractivity contribution in [3.63, 3.8) is 0 Å². The van der Waals surface area contributed by atoms with E-state index in [-0.39, 0.29) is 5.91 Å². The number of thioether (sulfide) groups is 1. The van der Waals surface area contributed by atoms with Crippen molar-refractivity contribution in [1.82, 2.24) is 5.32 Å². The molecule has 82 valence electrons. The molecule has 2 N–H and O–H groups in total. The number of amides is 1. The van der Waals surface area contributed by atoms with E-state index in [1.807, 2.05) is 30.5 Å². The Balaban J connectivity index is 2.47. The molecule has 1 amide bonds. The van der Waals surface area contributed by atoms with Crippen LogP contribution in [0.15, 0.2) is 29.2 Å². The minimum absolute atomic E-state index is 0.344. The molecule has 0 saturated heterocycles. The zero-order valence-corrected chi connectivity index (χ0v) is 9.67. The first-order valence-corrected chi connectivity index (χ1v) is 5.94. The standard InChI is InChI=1S/C11H15NO2S/c1-8(13)11(14)12-7-9-3-5-10(15-2)6-4-9/h3-6,8,13H,7H2,1-2H3,(H,12,14)/t8-/m1/s1. The molecule has 1 rings (SSSR count). The quantitative estimate of drug-likeness (QED) is 0.762. The lowest BCUT2D eigenvalue weighted by atomic mass is 10.2. The highest BCUT2D eigenvalue weighted by molar-refractivity contribution is 7.98. The van der Waals surface area contributed by atoms with Crippen molar-refractivity contribution in [1.29, 1.82) is 0 Å². The summed E-state index contributed by atoms with van der Waals surface area (Å²) in [4.78, 5) is 12.3. The number of aliphatic hydroxyl groups is 1. The fourth-order valence-corrected chi connectivity index (χ4v) is 1.49. The van der Waals surface area contributed by atoms with Gasteiger partial charge in [-0.3, -0.25) is 4.79 Å². The van der Waals surface area contributed by atoms with Crippen molar-refractivity contribution in [2.24, 2.45) is 0 Å². The summed E-state index contributed by atoms with van der Waals surface area (Å²) in [6.45, 7) is 1.91. The smallest absolute Gasteiger partial charge is 0.248 e. The number of aliphatic hydroxyl groups excluding tert-OH is 1. The summed E-state index contributed by atoms with van der Waals surface area (Å²) in [6.07, 6.45) is 1.07. The first-order valence-electron chi connectivity index (χ1n) is 4.72. The highest BCUT2D eigenvalue weighted by Crippen LogP contribution is 2.14. The molecule has 1 aromatic rings. The van der Waals surface area contributed by atoms with Crippen molar-refractivity contribution in [2.75, 3.05) is 6.26 Å². The molecule has 0 radical (unpaired) electrons. The summed E-state index contributed by atoms with van der Waals surface area (Å²) in [7, 11) is 0. The van der Waals surface area contributed by atoms with Gasteiger partial charge < -0.3 is 10.4 Å². The third kappa shape index (κ3) is 3.93. The van der Waals surface area contributed by atoms with Crippen LogP contribution in [-0.4, -0.2) is 23.4 Å². The van der Waals surface area contributed by atoms with Crippen LogP contribution in [-0.2, 0) is 11.3 Å². The Morgan fingerprint density at radius 2 is 2.07 bits per heavy atom. The first kappa shape index (κ1) is 12.1. The first-order chi connectivity index (χ1) is 7.13. The van der Waals surface area contributed by atoms with Crippen molar-refractivity contribution < 1.29 is 9.90 Å². The number of nitrogens with one attached hydrogen (secondary N) is 1. The van der Waals surface area contributed by atoms with Crippen molar-refractivity contribution in [3.05, 3.63) is 29.8 Å². The maximum atomic E-state index is 11.1. The number of hydrogen-bond donors (Lipinski definition) is 2. The summed E-state index contributed by atoms with van der Waals surface area (Å²) in [5, 5.41) is 11.6. The summed E-state index contributed by atoms with van der Waals surface area (Å²) in [6, 6.07) is 7.95. The molecule has 0 unspecified atom stereocenters. The van der Waals surface area contributed by atoms with Gasteiger partial charge in [0, 0.05) is 11.4 Å². The number of benzene rings is 1. The average molecular weight is 225 g/mol. The zero-order valence-electron chi connectivity index (χ0n) is 8.86. The van der Waals surface area contributed by atoms with Gasteiger partial charge in [0.15, 0.2) is 0 Å². The van der Waals surface area contributed by atoms with Gasteiger partial charge in [-0.25, -0.2) is 0 Å². The van der Waals surface area contributed by atoms with Gasteiger partial charge in [-0.1, -0.05) is 12.1 Å². The van der Waals surface area contributed by atoms with Crippen LogP contribution in [0.2, 0.25) is 0 Å². The van der Waals surface area contributed by atoms with Gasteiger partial charge in [-0.05, 0) is 30.9 Å². The second kappa shape index (κ2) is 5.78. The number of carbonyl (C=O) groups excluding carboxylic acids is 1. The molecular formula is C11H15NO2S. The minimum atomic E-state index is -0.949. The van der Waals surface area contributed by atoms with Gasteiger partial charge in [-0.15, -0.1) is 11.8 Å². The molecule has 0 aliphatic carbocycles. The monoisotopic (exact) mass is 225 g/mol. The van der Waals surface area contributed by atoms with Crippen molar-refractivity contribution in [3.8, 4) is 0 Å². The lowest BCUT2D eigenvalue weighted by molar-refractivity contribution is -0.128. The summed E-state index contributed by atoms with van der Waals surface area (Å²) in [5.41, 5.74) is 1.03. The van der Waals surface area contributed by atoms with E-state index in [2.05, 4.69) is 5.32 Å². The van der Waals surface area contributed by atoms with Crippen LogP contribution < -0.4 is 5.32 Å². The summed E-state index contributed by atoms with van der Waals surface area (Å²) >= 11 is 1.68. The van der Waals surface area contributed by atoms with E-state index in [9.17, 15) is 4.79 Å². The molecule has 0 heterocycles. The predicted octanol–water partition coefficient (Wildman–Crippen LogP) is 1.41. The normalized spacial score (nSPS) is 12.2. The molecule has 0 fully saturated rings. The molecule has 0 bridgehead atoms. The van der Waals surface area contributed by atoms with Gasteiger partial charge in [0.25, 0.3) is 0 Å². The third-order valence-corrected chi connectivity index (χ3v) is 2.75. The molecule has 0 saturated carbocycles. The molecule has 0 aromatic heterocycles. The number of rotatable bonds is 4. The average Bonchev–Trinajstić information content (AvgIpc) is 2.26. The van der Waals surface area contributed by atoms with Gasteiger partial charge >= 0.3 is 0 Å². The largest absolute Gasteiger partial charge is 0.384 e. The fraction of sp³-hybridized carbons (Fsp3) is 0.364. The van der Waals surface area contributed by atoms with E-state index in [4.69, 9.17) is 5.11 Å². The van der Waals surface area contributed by atoms with E-state index in [0.717, 1.165) is 5.56 Å². The van der Waals surface area contributed by atoms with E-state index in [1.54, 1.807) is 11.8 Å². The van der Waals surface area contributed by atoms with Crippen molar-refractivity contribution >= 4 is 17.7 Å². The fourth-order valence-electron chi connectivity index (χ4n) is 1.08. The Kier molecular flexibility index (Phi) is 4.65. The van der Waals surface area contributed by atoms with Gasteiger partial charge in [-0.2, -0.15) is 0 Å².